The second-order valence-corrected chi connectivity index (χ2v) is 6.41. The van der Waals surface area contributed by atoms with Crippen molar-refractivity contribution in [2.24, 2.45) is 0 Å². The molecular formula is C21H24ClNO2. The predicted molar refractivity (Wildman–Crippen MR) is 105 cm³/mol. The molecule has 4 heteroatoms. The average molecular weight is 358 g/mol. The maximum absolute atomic E-state index is 12.2. The van der Waals surface area contributed by atoms with Crippen molar-refractivity contribution in [3.05, 3.63) is 64.2 Å². The Bertz CT molecular complexity index is 745. The Morgan fingerprint density at radius 2 is 2.00 bits per heavy atom. The van der Waals surface area contributed by atoms with Gasteiger partial charge in [0.05, 0.1) is 17.3 Å². The standard InChI is InChI=1S/C21H24ClNO2/c1-4-5-12-25-19-9-7-6-8-17(19)10-11-20(24)23-21-16(3)13-15(2)14-18(21)22/h6-11,13-14H,4-5,12H2,1-3H3,(H,23,24)/b11-10+. The van der Waals surface area contributed by atoms with Crippen molar-refractivity contribution in [3.63, 3.8) is 0 Å². The first-order chi connectivity index (χ1) is 12.0. The quantitative estimate of drug-likeness (QED) is 0.503. The third-order valence-electron chi connectivity index (χ3n) is 3.77. The Hall–Kier alpha value is -2.26. The number of hydrogen-bond donors (Lipinski definition) is 1. The van der Waals surface area contributed by atoms with Gasteiger partial charge in [-0.15, -0.1) is 0 Å². The fourth-order valence-corrected chi connectivity index (χ4v) is 2.85. The second-order valence-electron chi connectivity index (χ2n) is 6.00. The van der Waals surface area contributed by atoms with E-state index in [1.54, 1.807) is 6.08 Å². The lowest BCUT2D eigenvalue weighted by molar-refractivity contribution is -0.111. The number of benzene rings is 2. The number of aryl methyl sites for hydroxylation is 2. The van der Waals surface area contributed by atoms with Gasteiger partial charge in [0.1, 0.15) is 5.75 Å². The summed E-state index contributed by atoms with van der Waals surface area (Å²) in [5.74, 6) is 0.557. The smallest absolute Gasteiger partial charge is 0.248 e. The third-order valence-corrected chi connectivity index (χ3v) is 4.07. The van der Waals surface area contributed by atoms with E-state index in [2.05, 4.69) is 12.2 Å². The second kappa shape index (κ2) is 9.28. The minimum absolute atomic E-state index is 0.225. The van der Waals surface area contributed by atoms with Crippen molar-refractivity contribution < 1.29 is 9.53 Å². The fourth-order valence-electron chi connectivity index (χ4n) is 2.48. The molecule has 0 aliphatic carbocycles. The lowest BCUT2D eigenvalue weighted by Gasteiger charge is -2.10. The van der Waals surface area contributed by atoms with Crippen LogP contribution >= 0.6 is 11.6 Å². The van der Waals surface area contributed by atoms with Gasteiger partial charge in [-0.1, -0.05) is 49.2 Å². The van der Waals surface area contributed by atoms with Gasteiger partial charge in [-0.3, -0.25) is 4.79 Å². The van der Waals surface area contributed by atoms with Crippen LogP contribution in [0.1, 0.15) is 36.5 Å². The molecule has 0 saturated heterocycles. The zero-order valence-corrected chi connectivity index (χ0v) is 15.7. The molecule has 0 bridgehead atoms. The predicted octanol–water partition coefficient (Wildman–Crippen LogP) is 5.79. The van der Waals surface area contributed by atoms with E-state index in [-0.39, 0.29) is 5.91 Å². The fraction of sp³-hybridized carbons (Fsp3) is 0.286. The van der Waals surface area contributed by atoms with Crippen molar-refractivity contribution in [2.45, 2.75) is 33.6 Å². The number of carbonyl (C=O) groups excluding carboxylic acids is 1. The molecule has 1 N–H and O–H groups in total. The molecule has 2 aromatic carbocycles. The zero-order chi connectivity index (χ0) is 18.2. The highest BCUT2D eigenvalue weighted by atomic mass is 35.5. The number of unbranched alkanes of at least 4 members (excludes halogenated alkanes) is 1. The van der Waals surface area contributed by atoms with E-state index in [0.29, 0.717) is 17.3 Å². The first kappa shape index (κ1) is 19.1. The molecule has 0 atom stereocenters. The van der Waals surface area contributed by atoms with Crippen LogP contribution in [0, 0.1) is 13.8 Å². The van der Waals surface area contributed by atoms with Gasteiger partial charge in [-0.2, -0.15) is 0 Å². The van der Waals surface area contributed by atoms with E-state index < -0.39 is 0 Å². The number of hydrogen-bond acceptors (Lipinski definition) is 2. The van der Waals surface area contributed by atoms with E-state index >= 15 is 0 Å². The summed E-state index contributed by atoms with van der Waals surface area (Å²) in [6.45, 7) is 6.69. The molecule has 0 saturated carbocycles. The number of anilines is 1. The van der Waals surface area contributed by atoms with Gasteiger partial charge in [0, 0.05) is 11.6 Å². The number of ether oxygens (including phenoxy) is 1. The molecule has 0 fully saturated rings. The van der Waals surface area contributed by atoms with Crippen LogP contribution in [0.3, 0.4) is 0 Å². The van der Waals surface area contributed by atoms with Crippen LogP contribution in [0.5, 0.6) is 5.75 Å². The van der Waals surface area contributed by atoms with Crippen molar-refractivity contribution in [3.8, 4) is 5.75 Å². The molecule has 25 heavy (non-hydrogen) atoms. The van der Waals surface area contributed by atoms with Crippen LogP contribution in [0.15, 0.2) is 42.5 Å². The van der Waals surface area contributed by atoms with Gasteiger partial charge < -0.3 is 10.1 Å². The molecule has 0 aliphatic heterocycles. The number of carbonyl (C=O) groups is 1. The SMILES string of the molecule is CCCCOc1ccccc1/C=C/C(=O)Nc1c(C)cc(C)cc1Cl. The van der Waals surface area contributed by atoms with Gasteiger partial charge in [-0.25, -0.2) is 0 Å². The summed E-state index contributed by atoms with van der Waals surface area (Å²) in [5, 5.41) is 3.39. The lowest BCUT2D eigenvalue weighted by atomic mass is 10.1. The minimum Gasteiger partial charge on any atom is -0.493 e. The maximum Gasteiger partial charge on any atom is 0.248 e. The Labute approximate surface area is 154 Å². The summed E-state index contributed by atoms with van der Waals surface area (Å²) in [6, 6.07) is 11.5. The largest absolute Gasteiger partial charge is 0.493 e. The number of rotatable bonds is 7. The van der Waals surface area contributed by atoms with Gasteiger partial charge in [0.25, 0.3) is 0 Å². The first-order valence-electron chi connectivity index (χ1n) is 8.49. The van der Waals surface area contributed by atoms with Crippen LogP contribution in [0.2, 0.25) is 5.02 Å². The zero-order valence-electron chi connectivity index (χ0n) is 14.9. The molecule has 2 rings (SSSR count). The van der Waals surface area contributed by atoms with Gasteiger partial charge >= 0.3 is 0 Å². The van der Waals surface area contributed by atoms with Crippen LogP contribution in [-0.4, -0.2) is 12.5 Å². The summed E-state index contributed by atoms with van der Waals surface area (Å²) in [6.07, 6.45) is 5.34. The van der Waals surface area contributed by atoms with Crippen molar-refractivity contribution in [1.29, 1.82) is 0 Å². The molecule has 1 amide bonds. The summed E-state index contributed by atoms with van der Waals surface area (Å²) in [4.78, 5) is 12.2. The van der Waals surface area contributed by atoms with E-state index in [1.807, 2.05) is 50.2 Å². The highest BCUT2D eigenvalue weighted by Crippen LogP contribution is 2.27. The molecule has 132 valence electrons. The summed E-state index contributed by atoms with van der Waals surface area (Å²) < 4.78 is 5.78. The molecule has 0 aliphatic rings. The topological polar surface area (TPSA) is 38.3 Å². The average Bonchev–Trinajstić information content (AvgIpc) is 2.57. The number of para-hydroxylation sites is 1. The van der Waals surface area contributed by atoms with E-state index in [9.17, 15) is 4.79 Å². The van der Waals surface area contributed by atoms with Crippen molar-refractivity contribution in [2.75, 3.05) is 11.9 Å². The number of nitrogens with one attached hydrogen (secondary N) is 1. The molecule has 0 heterocycles. The minimum atomic E-state index is -0.225. The molecule has 2 aromatic rings. The van der Waals surface area contributed by atoms with Crippen molar-refractivity contribution >= 4 is 29.3 Å². The Morgan fingerprint density at radius 1 is 1.24 bits per heavy atom. The van der Waals surface area contributed by atoms with Crippen LogP contribution in [-0.2, 0) is 4.79 Å². The Balaban J connectivity index is 2.08. The normalized spacial score (nSPS) is 10.9. The highest BCUT2D eigenvalue weighted by molar-refractivity contribution is 6.34. The molecule has 0 aromatic heterocycles. The molecular weight excluding hydrogens is 334 g/mol. The van der Waals surface area contributed by atoms with E-state index in [0.717, 1.165) is 35.3 Å². The molecule has 3 nitrogen and oxygen atoms in total. The third kappa shape index (κ3) is 5.64. The maximum atomic E-state index is 12.2. The molecule has 0 spiro atoms. The van der Waals surface area contributed by atoms with Gasteiger partial charge in [0.2, 0.25) is 5.91 Å². The number of halogens is 1. The summed E-state index contributed by atoms with van der Waals surface area (Å²) >= 11 is 6.23. The molecule has 0 radical (unpaired) electrons. The van der Waals surface area contributed by atoms with Gasteiger partial charge in [0.15, 0.2) is 0 Å². The van der Waals surface area contributed by atoms with Crippen LogP contribution in [0.4, 0.5) is 5.69 Å². The first-order valence-corrected chi connectivity index (χ1v) is 8.86. The Morgan fingerprint density at radius 3 is 2.72 bits per heavy atom. The van der Waals surface area contributed by atoms with Crippen molar-refractivity contribution in [1.82, 2.24) is 0 Å². The van der Waals surface area contributed by atoms with Gasteiger partial charge in [-0.05, 0) is 49.6 Å². The lowest BCUT2D eigenvalue weighted by Crippen LogP contribution is -2.09. The van der Waals surface area contributed by atoms with E-state index in [4.69, 9.17) is 16.3 Å². The van der Waals surface area contributed by atoms with Crippen LogP contribution < -0.4 is 10.1 Å². The highest BCUT2D eigenvalue weighted by Gasteiger charge is 2.08. The summed E-state index contributed by atoms with van der Waals surface area (Å²) in [7, 11) is 0. The molecule has 0 unspecified atom stereocenters. The summed E-state index contributed by atoms with van der Waals surface area (Å²) in [5.41, 5.74) is 3.53. The Kier molecular flexibility index (Phi) is 7.08. The van der Waals surface area contributed by atoms with Crippen LogP contribution in [0.25, 0.3) is 6.08 Å². The monoisotopic (exact) mass is 357 g/mol. The van der Waals surface area contributed by atoms with E-state index in [1.165, 1.54) is 6.08 Å². The number of amides is 1.